The van der Waals surface area contributed by atoms with Crippen molar-refractivity contribution in [3.63, 3.8) is 0 Å². The summed E-state index contributed by atoms with van der Waals surface area (Å²) < 4.78 is 1.73. The second-order valence-corrected chi connectivity index (χ2v) is 5.24. The van der Waals surface area contributed by atoms with Gasteiger partial charge in [-0.15, -0.1) is 0 Å². The first-order valence-corrected chi connectivity index (χ1v) is 7.18. The molecule has 2 aromatic rings. The van der Waals surface area contributed by atoms with E-state index in [2.05, 4.69) is 20.7 Å². The second kappa shape index (κ2) is 6.38. The molecule has 1 aromatic heterocycles. The molecule has 2 N–H and O–H groups in total. The molecule has 1 saturated heterocycles. The lowest BCUT2D eigenvalue weighted by molar-refractivity contribution is -0.125. The number of benzene rings is 1. The fraction of sp³-hybridized carbons (Fsp3) is 0.333. The van der Waals surface area contributed by atoms with Gasteiger partial charge < -0.3 is 10.6 Å². The van der Waals surface area contributed by atoms with E-state index in [1.807, 2.05) is 24.3 Å². The van der Waals surface area contributed by atoms with Crippen molar-refractivity contribution in [1.82, 2.24) is 25.4 Å². The fourth-order valence-electron chi connectivity index (χ4n) is 2.49. The van der Waals surface area contributed by atoms with Crippen LogP contribution in [0.15, 0.2) is 36.9 Å². The van der Waals surface area contributed by atoms with E-state index < -0.39 is 6.04 Å². The van der Waals surface area contributed by atoms with E-state index >= 15 is 0 Å². The predicted octanol–water partition coefficient (Wildman–Crippen LogP) is 0.221. The summed E-state index contributed by atoms with van der Waals surface area (Å²) in [5, 5.41) is 9.64. The molecule has 0 spiro atoms. The summed E-state index contributed by atoms with van der Waals surface area (Å²) in [5.41, 5.74) is 2.10. The molecule has 2 heterocycles. The maximum absolute atomic E-state index is 12.0. The maximum atomic E-state index is 12.0. The molecule has 0 bridgehead atoms. The largest absolute Gasteiger partial charge is 0.350 e. The van der Waals surface area contributed by atoms with Crippen LogP contribution in [0.3, 0.4) is 0 Å². The normalized spacial score (nSPS) is 17.3. The zero-order chi connectivity index (χ0) is 15.4. The fourth-order valence-corrected chi connectivity index (χ4v) is 2.49. The van der Waals surface area contributed by atoms with E-state index in [1.54, 1.807) is 11.0 Å². The Morgan fingerprint density at radius 2 is 2.18 bits per heavy atom. The molecule has 1 fully saturated rings. The number of nitrogens with zero attached hydrogens (tertiary/aromatic N) is 3. The van der Waals surface area contributed by atoms with Crippen molar-refractivity contribution in [2.24, 2.45) is 0 Å². The minimum atomic E-state index is -0.407. The third-order valence-electron chi connectivity index (χ3n) is 3.68. The minimum Gasteiger partial charge on any atom is -0.350 e. The molecule has 1 aliphatic rings. The molecule has 7 nitrogen and oxygen atoms in total. The summed E-state index contributed by atoms with van der Waals surface area (Å²) in [4.78, 5) is 27.1. The van der Waals surface area contributed by atoms with Crippen LogP contribution in [0.2, 0.25) is 0 Å². The van der Waals surface area contributed by atoms with Gasteiger partial charge >= 0.3 is 0 Å². The second-order valence-electron chi connectivity index (χ2n) is 5.24. The maximum Gasteiger partial charge on any atom is 0.242 e. The molecule has 1 aliphatic heterocycles. The zero-order valence-electron chi connectivity index (χ0n) is 12.0. The SMILES string of the molecule is O=C1CC[C@H](C(=O)NCc2ccccc2Cn2cncn2)N1. The molecular weight excluding hydrogens is 282 g/mol. The quantitative estimate of drug-likeness (QED) is 0.826. The Labute approximate surface area is 127 Å². The number of carbonyl (C=O) groups is 2. The topological polar surface area (TPSA) is 88.9 Å². The van der Waals surface area contributed by atoms with Crippen LogP contribution in [0.1, 0.15) is 24.0 Å². The summed E-state index contributed by atoms with van der Waals surface area (Å²) in [6.45, 7) is 1.03. The van der Waals surface area contributed by atoms with Gasteiger partial charge in [-0.25, -0.2) is 9.67 Å². The number of nitrogens with one attached hydrogen (secondary N) is 2. The van der Waals surface area contributed by atoms with E-state index in [-0.39, 0.29) is 11.8 Å². The molecule has 1 aromatic carbocycles. The summed E-state index contributed by atoms with van der Waals surface area (Å²) in [6.07, 6.45) is 4.13. The Bertz CT molecular complexity index is 668. The molecule has 114 valence electrons. The van der Waals surface area contributed by atoms with Crippen LogP contribution >= 0.6 is 0 Å². The highest BCUT2D eigenvalue weighted by atomic mass is 16.2. The Kier molecular flexibility index (Phi) is 4.13. The number of rotatable bonds is 5. The molecule has 3 rings (SSSR count). The Balaban J connectivity index is 1.62. The standard InChI is InChI=1S/C15H17N5O2/c21-14-6-5-13(19-14)15(22)17-7-11-3-1-2-4-12(11)8-20-10-16-9-18-20/h1-4,9-10,13H,5-8H2,(H,17,22)(H,19,21)/t13-/m1/s1. The van der Waals surface area contributed by atoms with E-state index in [0.29, 0.717) is 25.9 Å². The average Bonchev–Trinajstić information content (AvgIpc) is 3.18. The summed E-state index contributed by atoms with van der Waals surface area (Å²) in [6, 6.07) is 7.45. The van der Waals surface area contributed by atoms with Gasteiger partial charge in [0.05, 0.1) is 6.54 Å². The van der Waals surface area contributed by atoms with Crippen molar-refractivity contribution >= 4 is 11.8 Å². The van der Waals surface area contributed by atoms with Crippen molar-refractivity contribution in [3.8, 4) is 0 Å². The van der Waals surface area contributed by atoms with Crippen LogP contribution in [0.5, 0.6) is 0 Å². The van der Waals surface area contributed by atoms with Gasteiger partial charge in [-0.05, 0) is 17.5 Å². The van der Waals surface area contributed by atoms with Gasteiger partial charge in [0.2, 0.25) is 11.8 Å². The molecule has 0 radical (unpaired) electrons. The smallest absolute Gasteiger partial charge is 0.242 e. The van der Waals surface area contributed by atoms with Crippen LogP contribution < -0.4 is 10.6 Å². The van der Waals surface area contributed by atoms with Crippen LogP contribution in [0.25, 0.3) is 0 Å². The third-order valence-corrected chi connectivity index (χ3v) is 3.68. The monoisotopic (exact) mass is 299 g/mol. The van der Waals surface area contributed by atoms with Gasteiger partial charge in [-0.3, -0.25) is 9.59 Å². The Hall–Kier alpha value is -2.70. The number of carbonyl (C=O) groups excluding carboxylic acids is 2. The van der Waals surface area contributed by atoms with E-state index in [9.17, 15) is 9.59 Å². The van der Waals surface area contributed by atoms with Crippen molar-refractivity contribution in [3.05, 3.63) is 48.0 Å². The lowest BCUT2D eigenvalue weighted by atomic mass is 10.1. The van der Waals surface area contributed by atoms with E-state index in [1.165, 1.54) is 6.33 Å². The number of amides is 2. The molecule has 7 heteroatoms. The molecule has 0 unspecified atom stereocenters. The summed E-state index contributed by atoms with van der Waals surface area (Å²) >= 11 is 0. The molecule has 0 saturated carbocycles. The van der Waals surface area contributed by atoms with Crippen LogP contribution in [0.4, 0.5) is 0 Å². The average molecular weight is 299 g/mol. The van der Waals surface area contributed by atoms with Gasteiger partial charge in [0.25, 0.3) is 0 Å². The highest BCUT2D eigenvalue weighted by Crippen LogP contribution is 2.11. The van der Waals surface area contributed by atoms with Crippen LogP contribution in [0, 0.1) is 0 Å². The first-order valence-electron chi connectivity index (χ1n) is 7.18. The first-order chi connectivity index (χ1) is 10.7. The van der Waals surface area contributed by atoms with Gasteiger partial charge in [0.1, 0.15) is 18.7 Å². The van der Waals surface area contributed by atoms with E-state index in [4.69, 9.17) is 0 Å². The van der Waals surface area contributed by atoms with Gasteiger partial charge in [-0.2, -0.15) is 5.10 Å². The number of aromatic nitrogens is 3. The number of hydrogen-bond acceptors (Lipinski definition) is 4. The molecule has 2 amide bonds. The van der Waals surface area contributed by atoms with Crippen LogP contribution in [-0.2, 0) is 22.7 Å². The zero-order valence-corrected chi connectivity index (χ0v) is 12.0. The van der Waals surface area contributed by atoms with Gasteiger partial charge in [-0.1, -0.05) is 24.3 Å². The third kappa shape index (κ3) is 3.30. The lowest BCUT2D eigenvalue weighted by Gasteiger charge is -2.13. The highest BCUT2D eigenvalue weighted by Gasteiger charge is 2.26. The highest BCUT2D eigenvalue weighted by molar-refractivity contribution is 5.90. The van der Waals surface area contributed by atoms with Crippen LogP contribution in [-0.4, -0.2) is 32.6 Å². The van der Waals surface area contributed by atoms with Crippen molar-refractivity contribution in [1.29, 1.82) is 0 Å². The van der Waals surface area contributed by atoms with E-state index in [0.717, 1.165) is 11.1 Å². The summed E-state index contributed by atoms with van der Waals surface area (Å²) in [5.74, 6) is -0.201. The molecule has 1 atom stereocenters. The lowest BCUT2D eigenvalue weighted by Crippen LogP contribution is -2.41. The molecule has 22 heavy (non-hydrogen) atoms. The van der Waals surface area contributed by atoms with Crippen molar-refractivity contribution in [2.45, 2.75) is 32.0 Å². The molecular formula is C15H17N5O2. The van der Waals surface area contributed by atoms with Gasteiger partial charge in [0.15, 0.2) is 0 Å². The van der Waals surface area contributed by atoms with Gasteiger partial charge in [0, 0.05) is 13.0 Å². The minimum absolute atomic E-state index is 0.0632. The summed E-state index contributed by atoms with van der Waals surface area (Å²) in [7, 11) is 0. The van der Waals surface area contributed by atoms with Crippen molar-refractivity contribution in [2.75, 3.05) is 0 Å². The van der Waals surface area contributed by atoms with Crippen molar-refractivity contribution < 1.29 is 9.59 Å². The Morgan fingerprint density at radius 1 is 1.36 bits per heavy atom. The molecule has 0 aliphatic carbocycles. The number of hydrogen-bond donors (Lipinski definition) is 2. The first kappa shape index (κ1) is 14.2. The predicted molar refractivity (Wildman–Crippen MR) is 78.6 cm³/mol. The Morgan fingerprint density at radius 3 is 2.86 bits per heavy atom.